The van der Waals surface area contributed by atoms with Crippen molar-refractivity contribution in [2.45, 2.75) is 20.3 Å². The minimum Gasteiger partial charge on any atom is -0.267 e. The van der Waals surface area contributed by atoms with Gasteiger partial charge in [0.15, 0.2) is 0 Å². The number of hydrogen-bond acceptors (Lipinski definition) is 5. The summed E-state index contributed by atoms with van der Waals surface area (Å²) >= 11 is 0. The summed E-state index contributed by atoms with van der Waals surface area (Å²) < 4.78 is 28.0. The maximum atomic E-state index is 11.6. The van der Waals surface area contributed by atoms with Gasteiger partial charge in [0.25, 0.3) is 0 Å². The van der Waals surface area contributed by atoms with Crippen LogP contribution in [-0.4, -0.2) is 29.8 Å². The summed E-state index contributed by atoms with van der Waals surface area (Å²) in [5.74, 6) is 0.557. The van der Waals surface area contributed by atoms with Gasteiger partial charge in [-0.2, -0.15) is 13.7 Å². The first kappa shape index (κ1) is 17.4. The summed E-state index contributed by atoms with van der Waals surface area (Å²) in [6, 6.07) is 9.89. The van der Waals surface area contributed by atoms with Crippen LogP contribution in [0.2, 0.25) is 0 Å². The first-order valence-corrected chi connectivity index (χ1v) is 10.2. The standard InChI is InChI=1S/C16H18N2O3S2/c1-3-11-23(19,20)21-18-16-9-6-10-22(16)15(12-17)14-8-5-4-7-13(14)2/h4-9H,3,10-11H2,1-2H3. The van der Waals surface area contributed by atoms with Crippen molar-refractivity contribution >= 4 is 30.5 Å². The second-order valence-electron chi connectivity index (χ2n) is 4.98. The molecule has 0 fully saturated rings. The molecule has 1 aromatic rings. The Morgan fingerprint density at radius 3 is 2.83 bits per heavy atom. The van der Waals surface area contributed by atoms with Gasteiger partial charge in [0.1, 0.15) is 11.1 Å². The van der Waals surface area contributed by atoms with E-state index in [1.165, 1.54) is 0 Å². The Bertz CT molecular complexity index is 831. The molecule has 0 amide bonds. The van der Waals surface area contributed by atoms with Crippen LogP contribution < -0.4 is 0 Å². The minimum absolute atomic E-state index is 0.0755. The van der Waals surface area contributed by atoms with E-state index in [9.17, 15) is 13.7 Å². The summed E-state index contributed by atoms with van der Waals surface area (Å²) in [7, 11) is -4.25. The predicted molar refractivity (Wildman–Crippen MR) is 95.1 cm³/mol. The lowest BCUT2D eigenvalue weighted by Gasteiger charge is -2.09. The molecule has 0 saturated heterocycles. The maximum Gasteiger partial charge on any atom is 0.328 e. The zero-order chi connectivity index (χ0) is 16.9. The summed E-state index contributed by atoms with van der Waals surface area (Å²) in [5, 5.41) is 13.9. The van der Waals surface area contributed by atoms with Gasteiger partial charge in [-0.25, -0.2) is 0 Å². The second kappa shape index (κ2) is 7.57. The van der Waals surface area contributed by atoms with Crippen LogP contribution in [0.5, 0.6) is 0 Å². The molecule has 23 heavy (non-hydrogen) atoms. The van der Waals surface area contributed by atoms with Crippen LogP contribution in [0.3, 0.4) is 0 Å². The molecule has 0 N–H and O–H groups in total. The molecule has 0 bridgehead atoms. The Labute approximate surface area is 139 Å². The SMILES string of the molecule is CCCS(=O)(=O)ON=C1C=CCS1=C(C#N)c1ccccc1C. The van der Waals surface area contributed by atoms with E-state index < -0.39 is 20.6 Å². The first-order chi connectivity index (χ1) is 11.0. The third-order valence-corrected chi connectivity index (χ3v) is 6.46. The summed E-state index contributed by atoms with van der Waals surface area (Å²) in [6.07, 6.45) is 4.07. The van der Waals surface area contributed by atoms with Gasteiger partial charge >= 0.3 is 10.1 Å². The number of oxime groups is 1. The zero-order valence-electron chi connectivity index (χ0n) is 13.0. The van der Waals surface area contributed by atoms with E-state index in [1.54, 1.807) is 13.0 Å². The van der Waals surface area contributed by atoms with Crippen molar-refractivity contribution in [2.75, 3.05) is 11.5 Å². The zero-order valence-corrected chi connectivity index (χ0v) is 14.7. The molecule has 0 aliphatic carbocycles. The van der Waals surface area contributed by atoms with Gasteiger partial charge in [0.2, 0.25) is 0 Å². The highest BCUT2D eigenvalue weighted by Gasteiger charge is 2.18. The Morgan fingerprint density at radius 2 is 2.17 bits per heavy atom. The fraction of sp³-hybridized carbons (Fsp3) is 0.312. The average Bonchev–Trinajstić information content (AvgIpc) is 2.96. The summed E-state index contributed by atoms with van der Waals surface area (Å²) in [6.45, 7) is 3.70. The normalized spacial score (nSPS) is 19.6. The number of benzene rings is 1. The van der Waals surface area contributed by atoms with Gasteiger partial charge in [-0.15, -0.1) is 10.5 Å². The molecule has 0 aromatic heterocycles. The van der Waals surface area contributed by atoms with Gasteiger partial charge < -0.3 is 0 Å². The van der Waals surface area contributed by atoms with E-state index >= 15 is 0 Å². The molecule has 2 rings (SSSR count). The minimum atomic E-state index is -3.66. The van der Waals surface area contributed by atoms with Crippen LogP contribution in [0.25, 0.3) is 0 Å². The smallest absolute Gasteiger partial charge is 0.267 e. The number of nitrogens with zero attached hydrogens (tertiary/aromatic N) is 2. The molecule has 1 aliphatic rings. The second-order valence-corrected chi connectivity index (χ2v) is 8.60. The average molecular weight is 350 g/mol. The molecular weight excluding hydrogens is 332 g/mol. The van der Waals surface area contributed by atoms with E-state index in [-0.39, 0.29) is 5.75 Å². The molecule has 1 aromatic carbocycles. The van der Waals surface area contributed by atoms with Crippen molar-refractivity contribution in [3.63, 3.8) is 0 Å². The van der Waals surface area contributed by atoms with E-state index in [4.69, 9.17) is 4.28 Å². The van der Waals surface area contributed by atoms with Crippen LogP contribution in [0.1, 0.15) is 24.5 Å². The van der Waals surface area contributed by atoms with Crippen molar-refractivity contribution in [3.05, 3.63) is 47.5 Å². The number of aryl methyl sites for hydroxylation is 1. The van der Waals surface area contributed by atoms with Gasteiger partial charge in [0, 0.05) is 11.3 Å². The quantitative estimate of drug-likeness (QED) is 0.464. The molecule has 0 radical (unpaired) electrons. The molecule has 5 nitrogen and oxygen atoms in total. The molecule has 1 aliphatic heterocycles. The number of nitriles is 1. The molecule has 0 saturated carbocycles. The molecular formula is C16H18N2O3S2. The van der Waals surface area contributed by atoms with Crippen molar-refractivity contribution in [1.29, 1.82) is 5.26 Å². The Kier molecular flexibility index (Phi) is 5.74. The highest BCUT2D eigenvalue weighted by atomic mass is 32.2. The highest BCUT2D eigenvalue weighted by molar-refractivity contribution is 8.30. The van der Waals surface area contributed by atoms with Crippen molar-refractivity contribution in [1.82, 2.24) is 0 Å². The third-order valence-electron chi connectivity index (χ3n) is 3.21. The fourth-order valence-electron chi connectivity index (χ4n) is 2.13. The Hall–Kier alpha value is -1.91. The molecule has 122 valence electrons. The summed E-state index contributed by atoms with van der Waals surface area (Å²) in [5.41, 5.74) is 1.87. The molecule has 0 spiro atoms. The van der Waals surface area contributed by atoms with E-state index in [1.807, 2.05) is 37.3 Å². The Balaban J connectivity index is 2.41. The van der Waals surface area contributed by atoms with Gasteiger partial charge in [-0.1, -0.05) is 42.4 Å². The van der Waals surface area contributed by atoms with E-state index in [0.717, 1.165) is 11.1 Å². The lowest BCUT2D eigenvalue weighted by atomic mass is 10.1. The first-order valence-electron chi connectivity index (χ1n) is 7.18. The van der Waals surface area contributed by atoms with Gasteiger partial charge in [-0.05, 0) is 25.0 Å². The van der Waals surface area contributed by atoms with Crippen LogP contribution in [-0.2, 0) is 14.4 Å². The maximum absolute atomic E-state index is 11.6. The predicted octanol–water partition coefficient (Wildman–Crippen LogP) is 2.95. The third kappa shape index (κ3) is 4.30. The van der Waals surface area contributed by atoms with Crippen LogP contribution in [0.4, 0.5) is 0 Å². The van der Waals surface area contributed by atoms with E-state index in [0.29, 0.717) is 22.1 Å². The fourth-order valence-corrected chi connectivity index (χ4v) is 4.78. The van der Waals surface area contributed by atoms with Crippen molar-refractivity contribution in [3.8, 4) is 6.07 Å². The number of rotatable bonds is 5. The van der Waals surface area contributed by atoms with Gasteiger partial charge in [-0.3, -0.25) is 4.28 Å². The molecule has 1 unspecified atom stereocenters. The van der Waals surface area contributed by atoms with Crippen LogP contribution >= 0.6 is 10.5 Å². The Morgan fingerprint density at radius 1 is 1.43 bits per heavy atom. The van der Waals surface area contributed by atoms with Crippen molar-refractivity contribution in [2.24, 2.45) is 5.16 Å². The van der Waals surface area contributed by atoms with Crippen LogP contribution in [0.15, 0.2) is 41.6 Å². The lowest BCUT2D eigenvalue weighted by molar-refractivity contribution is 0.340. The summed E-state index contributed by atoms with van der Waals surface area (Å²) in [4.78, 5) is 0.600. The van der Waals surface area contributed by atoms with Crippen LogP contribution in [0, 0.1) is 18.3 Å². The molecule has 7 heteroatoms. The highest BCUT2D eigenvalue weighted by Crippen LogP contribution is 2.29. The van der Waals surface area contributed by atoms with E-state index in [2.05, 4.69) is 11.2 Å². The monoisotopic (exact) mass is 350 g/mol. The van der Waals surface area contributed by atoms with Crippen molar-refractivity contribution < 1.29 is 12.7 Å². The number of hydrogen-bond donors (Lipinski definition) is 0. The van der Waals surface area contributed by atoms with Gasteiger partial charge in [0.05, 0.1) is 10.6 Å². The topological polar surface area (TPSA) is 79.5 Å². The largest absolute Gasteiger partial charge is 0.328 e. The molecule has 1 atom stereocenters. The lowest BCUT2D eigenvalue weighted by Crippen LogP contribution is -2.09. The molecule has 1 heterocycles.